The van der Waals surface area contributed by atoms with Gasteiger partial charge in [-0.2, -0.15) is 0 Å². The van der Waals surface area contributed by atoms with Crippen molar-refractivity contribution >= 4 is 44.8 Å². The van der Waals surface area contributed by atoms with E-state index in [1.807, 2.05) is 47.0 Å². The van der Waals surface area contributed by atoms with Gasteiger partial charge in [-0.3, -0.25) is 10.1 Å². The number of non-ortho nitro benzene ring substituents is 1. The SMILES string of the molecule is O=[N+]([O-])c1ccc2nc3n(c2c1)CC=C(c1ccc(Cl)cc1)c1[nH]c2ccccc2c1-3. The number of nitrogens with one attached hydrogen (secondary N) is 1. The van der Waals surface area contributed by atoms with E-state index in [0.717, 1.165) is 50.2 Å². The second kappa shape index (κ2) is 6.55. The maximum Gasteiger partial charge on any atom is 0.271 e. The number of rotatable bonds is 2. The Kier molecular flexibility index (Phi) is 3.79. The molecule has 0 unspecified atom stereocenters. The Balaban J connectivity index is 1.69. The van der Waals surface area contributed by atoms with Crippen molar-refractivity contribution in [2.45, 2.75) is 6.54 Å². The molecule has 0 spiro atoms. The largest absolute Gasteiger partial charge is 0.354 e. The van der Waals surface area contributed by atoms with Gasteiger partial charge in [-0.25, -0.2) is 4.98 Å². The van der Waals surface area contributed by atoms with E-state index in [4.69, 9.17) is 16.6 Å². The fourth-order valence-electron chi connectivity index (χ4n) is 4.35. The molecule has 5 aromatic rings. The lowest BCUT2D eigenvalue weighted by atomic mass is 9.99. The number of fused-ring (bicyclic) bond motifs is 7. The van der Waals surface area contributed by atoms with Gasteiger partial charge in [0.2, 0.25) is 0 Å². The second-order valence-corrected chi connectivity index (χ2v) is 7.96. The average molecular weight is 427 g/mol. The van der Waals surface area contributed by atoms with Gasteiger partial charge in [-0.05, 0) is 29.8 Å². The Labute approximate surface area is 181 Å². The number of para-hydroxylation sites is 1. The molecule has 31 heavy (non-hydrogen) atoms. The molecule has 0 aliphatic carbocycles. The first-order valence-electron chi connectivity index (χ1n) is 9.82. The fraction of sp³-hybridized carbons (Fsp3) is 0.0417. The molecule has 1 N–H and O–H groups in total. The molecule has 3 aromatic carbocycles. The van der Waals surface area contributed by atoms with Crippen LogP contribution < -0.4 is 0 Å². The van der Waals surface area contributed by atoms with Crippen molar-refractivity contribution in [3.05, 3.63) is 99.2 Å². The van der Waals surface area contributed by atoms with Crippen LogP contribution in [-0.2, 0) is 6.54 Å². The Morgan fingerprint density at radius 3 is 2.68 bits per heavy atom. The summed E-state index contributed by atoms with van der Waals surface area (Å²) in [6.07, 6.45) is 2.13. The number of nitro benzene ring substituents is 1. The first-order valence-corrected chi connectivity index (χ1v) is 10.2. The van der Waals surface area contributed by atoms with Crippen LogP contribution in [0.1, 0.15) is 11.3 Å². The van der Waals surface area contributed by atoms with E-state index in [1.54, 1.807) is 12.1 Å². The number of nitrogens with zero attached hydrogens (tertiary/aromatic N) is 3. The van der Waals surface area contributed by atoms with Gasteiger partial charge in [0, 0.05) is 40.2 Å². The van der Waals surface area contributed by atoms with Gasteiger partial charge in [0.25, 0.3) is 5.69 Å². The Morgan fingerprint density at radius 2 is 1.87 bits per heavy atom. The number of H-pyrrole nitrogens is 1. The third-order valence-corrected chi connectivity index (χ3v) is 6.03. The maximum atomic E-state index is 11.3. The molecule has 1 aliphatic heterocycles. The van der Waals surface area contributed by atoms with Crippen LogP contribution in [0.4, 0.5) is 5.69 Å². The highest BCUT2D eigenvalue weighted by Gasteiger charge is 2.26. The Bertz CT molecular complexity index is 1540. The Hall–Kier alpha value is -3.90. The number of aromatic amines is 1. The molecule has 0 saturated carbocycles. The summed E-state index contributed by atoms with van der Waals surface area (Å²) in [5.41, 5.74) is 6.61. The molecule has 150 valence electrons. The first-order chi connectivity index (χ1) is 15.1. The van der Waals surface area contributed by atoms with Crippen LogP contribution in [0.15, 0.2) is 72.8 Å². The fourth-order valence-corrected chi connectivity index (χ4v) is 4.48. The van der Waals surface area contributed by atoms with Gasteiger partial charge in [0.15, 0.2) is 0 Å². The van der Waals surface area contributed by atoms with E-state index in [1.165, 1.54) is 6.07 Å². The van der Waals surface area contributed by atoms with Crippen molar-refractivity contribution in [2.24, 2.45) is 0 Å². The van der Waals surface area contributed by atoms with Gasteiger partial charge in [0.1, 0.15) is 5.82 Å². The number of hydrogen-bond donors (Lipinski definition) is 1. The second-order valence-electron chi connectivity index (χ2n) is 7.52. The number of aromatic nitrogens is 3. The van der Waals surface area contributed by atoms with Crippen LogP contribution >= 0.6 is 11.6 Å². The van der Waals surface area contributed by atoms with Crippen molar-refractivity contribution in [3.8, 4) is 11.4 Å². The quantitative estimate of drug-likeness (QED) is 0.270. The highest BCUT2D eigenvalue weighted by Crippen LogP contribution is 2.41. The van der Waals surface area contributed by atoms with E-state index in [9.17, 15) is 10.1 Å². The van der Waals surface area contributed by atoms with Crippen molar-refractivity contribution in [1.82, 2.24) is 14.5 Å². The smallest absolute Gasteiger partial charge is 0.271 e. The number of imidazole rings is 1. The van der Waals surface area contributed by atoms with Gasteiger partial charge >= 0.3 is 0 Å². The summed E-state index contributed by atoms with van der Waals surface area (Å²) in [7, 11) is 0. The lowest BCUT2D eigenvalue weighted by Gasteiger charge is -2.07. The van der Waals surface area contributed by atoms with Crippen LogP contribution in [0.25, 0.3) is 38.9 Å². The molecule has 3 heterocycles. The van der Waals surface area contributed by atoms with E-state index in [0.29, 0.717) is 11.6 Å². The molecule has 0 radical (unpaired) electrons. The van der Waals surface area contributed by atoms with Crippen molar-refractivity contribution < 1.29 is 4.92 Å². The maximum absolute atomic E-state index is 11.3. The lowest BCUT2D eigenvalue weighted by molar-refractivity contribution is -0.384. The first kappa shape index (κ1) is 17.9. The molecule has 0 fully saturated rings. The summed E-state index contributed by atoms with van der Waals surface area (Å²) in [6.45, 7) is 0.543. The van der Waals surface area contributed by atoms with E-state index >= 15 is 0 Å². The zero-order valence-electron chi connectivity index (χ0n) is 16.2. The number of allylic oxidation sites excluding steroid dienone is 1. The molecular formula is C24H15ClN4O2. The van der Waals surface area contributed by atoms with Gasteiger partial charge in [-0.15, -0.1) is 0 Å². The van der Waals surface area contributed by atoms with Gasteiger partial charge < -0.3 is 9.55 Å². The summed E-state index contributed by atoms with van der Waals surface area (Å²) in [4.78, 5) is 19.4. The lowest BCUT2D eigenvalue weighted by Crippen LogP contribution is -1.97. The normalized spacial score (nSPS) is 13.0. The molecule has 2 aromatic heterocycles. The number of nitro groups is 1. The Morgan fingerprint density at radius 1 is 1.06 bits per heavy atom. The van der Waals surface area contributed by atoms with Crippen LogP contribution in [0.3, 0.4) is 0 Å². The molecular weight excluding hydrogens is 412 g/mol. The molecule has 6 nitrogen and oxygen atoms in total. The summed E-state index contributed by atoms with van der Waals surface area (Å²) in [5.74, 6) is 0.795. The summed E-state index contributed by atoms with van der Waals surface area (Å²) in [6, 6.07) is 20.7. The predicted octanol–water partition coefficient (Wildman–Crippen LogP) is 6.19. The van der Waals surface area contributed by atoms with Crippen molar-refractivity contribution in [3.63, 3.8) is 0 Å². The molecule has 0 saturated heterocycles. The summed E-state index contributed by atoms with van der Waals surface area (Å²) >= 11 is 6.11. The summed E-state index contributed by atoms with van der Waals surface area (Å²) in [5, 5.41) is 13.1. The van der Waals surface area contributed by atoms with Gasteiger partial charge in [0.05, 0.1) is 27.2 Å². The van der Waals surface area contributed by atoms with Crippen molar-refractivity contribution in [2.75, 3.05) is 0 Å². The van der Waals surface area contributed by atoms with Crippen molar-refractivity contribution in [1.29, 1.82) is 0 Å². The number of benzene rings is 3. The number of hydrogen-bond acceptors (Lipinski definition) is 3. The van der Waals surface area contributed by atoms with E-state index in [-0.39, 0.29) is 10.6 Å². The zero-order valence-corrected chi connectivity index (χ0v) is 16.9. The topological polar surface area (TPSA) is 76.8 Å². The molecule has 0 bridgehead atoms. The van der Waals surface area contributed by atoms with Crippen LogP contribution in [-0.4, -0.2) is 19.5 Å². The molecule has 0 atom stereocenters. The number of halogens is 1. The molecule has 7 heteroatoms. The van der Waals surface area contributed by atoms with Crippen LogP contribution in [0.2, 0.25) is 5.02 Å². The minimum Gasteiger partial charge on any atom is -0.354 e. The van der Waals surface area contributed by atoms with Gasteiger partial charge in [-0.1, -0.05) is 48.0 Å². The van der Waals surface area contributed by atoms with Crippen LogP contribution in [0.5, 0.6) is 0 Å². The van der Waals surface area contributed by atoms with E-state index < -0.39 is 0 Å². The minimum atomic E-state index is -0.373. The third kappa shape index (κ3) is 2.69. The minimum absolute atomic E-state index is 0.0560. The highest BCUT2D eigenvalue weighted by molar-refractivity contribution is 6.30. The molecule has 1 aliphatic rings. The predicted molar refractivity (Wildman–Crippen MR) is 122 cm³/mol. The van der Waals surface area contributed by atoms with E-state index in [2.05, 4.69) is 17.1 Å². The summed E-state index contributed by atoms with van der Waals surface area (Å²) < 4.78 is 2.05. The standard InChI is InChI=1S/C24H15ClN4O2/c25-15-7-5-14(6-8-15)17-11-12-28-21-13-16(29(30)31)9-10-20(21)27-24(28)22-18-3-1-2-4-19(18)26-23(17)22/h1-11,13,26H,12H2. The molecule has 6 rings (SSSR count). The molecule has 0 amide bonds. The highest BCUT2D eigenvalue weighted by atomic mass is 35.5. The zero-order chi connectivity index (χ0) is 21.1. The van der Waals surface area contributed by atoms with Crippen LogP contribution in [0, 0.1) is 10.1 Å². The monoisotopic (exact) mass is 426 g/mol. The average Bonchev–Trinajstić information content (AvgIpc) is 3.28. The third-order valence-electron chi connectivity index (χ3n) is 5.77.